The number of halogens is 1. The van der Waals surface area contributed by atoms with E-state index in [1.807, 2.05) is 6.92 Å². The van der Waals surface area contributed by atoms with Crippen molar-refractivity contribution in [2.45, 2.75) is 18.7 Å². The van der Waals surface area contributed by atoms with Gasteiger partial charge in [0.15, 0.2) is 11.5 Å². The molecule has 0 spiro atoms. The van der Waals surface area contributed by atoms with E-state index < -0.39 is 15.0 Å². The third kappa shape index (κ3) is 5.71. The zero-order valence-electron chi connectivity index (χ0n) is 17.2. The summed E-state index contributed by atoms with van der Waals surface area (Å²) in [5.41, 5.74) is 2.03. The Balaban J connectivity index is 1.90. The summed E-state index contributed by atoms with van der Waals surface area (Å²) in [6, 6.07) is 15.3. The Morgan fingerprint density at radius 3 is 2.34 bits per heavy atom. The molecular weight excluding hydrogens is 500 g/mol. The molecule has 8 nitrogen and oxygen atoms in total. The molecule has 3 aromatic rings. The van der Waals surface area contributed by atoms with Crippen molar-refractivity contribution in [1.29, 1.82) is 0 Å². The minimum absolute atomic E-state index is 0.0263. The van der Waals surface area contributed by atoms with Crippen molar-refractivity contribution in [3.63, 3.8) is 0 Å². The quantitative estimate of drug-likeness (QED) is 0.166. The van der Waals surface area contributed by atoms with Gasteiger partial charge in [0.2, 0.25) is 0 Å². The standard InChI is InChI=1S/C22H19BrN2O6S/c1-3-30-21-13-16(14-24-17-6-8-18(9-7-17)25(26)27)12-20(23)22(21)31-32(28,29)19-10-4-15(2)5-11-19/h4-14H,3H2,1-2H3. The van der Waals surface area contributed by atoms with E-state index in [4.69, 9.17) is 8.92 Å². The van der Waals surface area contributed by atoms with E-state index in [2.05, 4.69) is 20.9 Å². The lowest BCUT2D eigenvalue weighted by molar-refractivity contribution is -0.384. The summed E-state index contributed by atoms with van der Waals surface area (Å²) >= 11 is 3.35. The zero-order valence-corrected chi connectivity index (χ0v) is 19.6. The second-order valence-corrected chi connectivity index (χ2v) is 9.05. The maximum Gasteiger partial charge on any atom is 0.339 e. The molecule has 32 heavy (non-hydrogen) atoms. The molecule has 0 aliphatic rings. The molecule has 0 bridgehead atoms. The van der Waals surface area contributed by atoms with Crippen LogP contribution in [0.5, 0.6) is 11.5 Å². The number of non-ortho nitro benzene ring substituents is 1. The van der Waals surface area contributed by atoms with Gasteiger partial charge in [-0.3, -0.25) is 15.1 Å². The number of ether oxygens (including phenoxy) is 1. The van der Waals surface area contributed by atoms with Crippen molar-refractivity contribution in [3.8, 4) is 11.5 Å². The number of rotatable bonds is 8. The van der Waals surface area contributed by atoms with E-state index in [1.54, 1.807) is 31.2 Å². The molecule has 3 aromatic carbocycles. The molecule has 0 saturated carbocycles. The molecule has 0 aliphatic heterocycles. The first-order valence-electron chi connectivity index (χ1n) is 9.45. The first-order valence-corrected chi connectivity index (χ1v) is 11.7. The largest absolute Gasteiger partial charge is 0.490 e. The summed E-state index contributed by atoms with van der Waals surface area (Å²) in [6.07, 6.45) is 1.53. The highest BCUT2D eigenvalue weighted by atomic mass is 79.9. The number of aliphatic imine (C=N–C) groups is 1. The predicted octanol–water partition coefficient (Wildman–Crippen LogP) is 5.58. The molecule has 0 aliphatic carbocycles. The van der Waals surface area contributed by atoms with Gasteiger partial charge in [-0.1, -0.05) is 17.7 Å². The van der Waals surface area contributed by atoms with Crippen LogP contribution in [0, 0.1) is 17.0 Å². The van der Waals surface area contributed by atoms with Crippen LogP contribution in [0.2, 0.25) is 0 Å². The summed E-state index contributed by atoms with van der Waals surface area (Å²) < 4.78 is 36.8. The number of aryl methyl sites for hydroxylation is 1. The van der Waals surface area contributed by atoms with Gasteiger partial charge < -0.3 is 8.92 Å². The van der Waals surface area contributed by atoms with Crippen molar-refractivity contribution in [2.24, 2.45) is 4.99 Å². The topological polar surface area (TPSA) is 108 Å². The molecule has 0 atom stereocenters. The fraction of sp³-hybridized carbons (Fsp3) is 0.136. The predicted molar refractivity (Wildman–Crippen MR) is 125 cm³/mol. The second kappa shape index (κ2) is 9.92. The van der Waals surface area contributed by atoms with Crippen LogP contribution >= 0.6 is 15.9 Å². The number of hydrogen-bond donors (Lipinski definition) is 0. The SMILES string of the molecule is CCOc1cc(C=Nc2ccc([N+](=O)[O-])cc2)cc(Br)c1OS(=O)(=O)c1ccc(C)cc1. The van der Waals surface area contributed by atoms with Gasteiger partial charge in [0.05, 0.1) is 21.7 Å². The number of benzene rings is 3. The molecule has 0 aromatic heterocycles. The number of hydrogen-bond acceptors (Lipinski definition) is 7. The van der Waals surface area contributed by atoms with Gasteiger partial charge >= 0.3 is 10.1 Å². The van der Waals surface area contributed by atoms with Crippen LogP contribution in [0.3, 0.4) is 0 Å². The van der Waals surface area contributed by atoms with E-state index in [9.17, 15) is 18.5 Å². The Morgan fingerprint density at radius 1 is 1.09 bits per heavy atom. The van der Waals surface area contributed by atoms with E-state index >= 15 is 0 Å². The molecule has 0 saturated heterocycles. The molecule has 3 rings (SSSR count). The number of nitro benzene ring substituents is 1. The minimum Gasteiger partial charge on any atom is -0.490 e. The van der Waals surface area contributed by atoms with Gasteiger partial charge in [0.1, 0.15) is 4.90 Å². The normalized spacial score (nSPS) is 11.5. The smallest absolute Gasteiger partial charge is 0.339 e. The Morgan fingerprint density at radius 2 is 1.75 bits per heavy atom. The zero-order chi connectivity index (χ0) is 23.3. The summed E-state index contributed by atoms with van der Waals surface area (Å²) in [4.78, 5) is 14.6. The second-order valence-electron chi connectivity index (χ2n) is 6.65. The van der Waals surface area contributed by atoms with E-state index in [0.29, 0.717) is 15.7 Å². The molecule has 0 amide bonds. The van der Waals surface area contributed by atoms with Crippen molar-refractivity contribution < 1.29 is 22.3 Å². The lowest BCUT2D eigenvalue weighted by atomic mass is 10.2. The first-order chi connectivity index (χ1) is 15.2. The van der Waals surface area contributed by atoms with Crippen molar-refractivity contribution >= 4 is 43.6 Å². The lowest BCUT2D eigenvalue weighted by Crippen LogP contribution is -2.11. The summed E-state index contributed by atoms with van der Waals surface area (Å²) in [5, 5.41) is 10.8. The first kappa shape index (κ1) is 23.4. The van der Waals surface area contributed by atoms with Crippen molar-refractivity contribution in [1.82, 2.24) is 0 Å². The minimum atomic E-state index is -4.07. The van der Waals surface area contributed by atoms with E-state index in [1.165, 1.54) is 42.6 Å². The number of nitro groups is 1. The molecule has 166 valence electrons. The Bertz CT molecular complexity index is 1260. The fourth-order valence-electron chi connectivity index (χ4n) is 2.68. The highest BCUT2D eigenvalue weighted by Gasteiger charge is 2.22. The maximum atomic E-state index is 12.7. The lowest BCUT2D eigenvalue weighted by Gasteiger charge is -2.14. The van der Waals surface area contributed by atoms with Gasteiger partial charge in [0, 0.05) is 18.3 Å². The van der Waals surface area contributed by atoms with Gasteiger partial charge in [-0.2, -0.15) is 8.42 Å². The van der Waals surface area contributed by atoms with Crippen LogP contribution in [-0.2, 0) is 10.1 Å². The summed E-state index contributed by atoms with van der Waals surface area (Å²) in [7, 11) is -4.07. The average Bonchev–Trinajstić information content (AvgIpc) is 2.75. The Kier molecular flexibility index (Phi) is 7.26. The third-order valence-corrected chi connectivity index (χ3v) is 6.08. The highest BCUT2D eigenvalue weighted by molar-refractivity contribution is 9.10. The molecule has 0 radical (unpaired) electrons. The summed E-state index contributed by atoms with van der Waals surface area (Å²) in [6.45, 7) is 3.91. The van der Waals surface area contributed by atoms with Gasteiger partial charge in [-0.15, -0.1) is 0 Å². The van der Waals surface area contributed by atoms with Crippen LogP contribution in [0.1, 0.15) is 18.1 Å². The van der Waals surface area contributed by atoms with Crippen molar-refractivity contribution in [3.05, 3.63) is 86.4 Å². The molecule has 10 heteroatoms. The van der Waals surface area contributed by atoms with Crippen LogP contribution in [0.25, 0.3) is 0 Å². The Labute approximate surface area is 193 Å². The monoisotopic (exact) mass is 518 g/mol. The molecule has 0 unspecified atom stereocenters. The summed E-state index contributed by atoms with van der Waals surface area (Å²) in [5.74, 6) is 0.252. The molecule has 0 fully saturated rings. The van der Waals surface area contributed by atoms with Gasteiger partial charge in [-0.05, 0) is 71.7 Å². The molecule has 0 N–H and O–H groups in total. The highest BCUT2D eigenvalue weighted by Crippen LogP contribution is 2.38. The third-order valence-electron chi connectivity index (χ3n) is 4.26. The van der Waals surface area contributed by atoms with Crippen LogP contribution in [-0.4, -0.2) is 26.2 Å². The van der Waals surface area contributed by atoms with Crippen molar-refractivity contribution in [2.75, 3.05) is 6.61 Å². The van der Waals surface area contributed by atoms with Gasteiger partial charge in [0.25, 0.3) is 5.69 Å². The van der Waals surface area contributed by atoms with Gasteiger partial charge in [-0.25, -0.2) is 0 Å². The molecule has 0 heterocycles. The Hall–Kier alpha value is -3.24. The fourth-order valence-corrected chi connectivity index (χ4v) is 4.28. The van der Waals surface area contributed by atoms with Crippen LogP contribution in [0.4, 0.5) is 11.4 Å². The van der Waals surface area contributed by atoms with Crippen LogP contribution in [0.15, 0.2) is 75.0 Å². The average molecular weight is 519 g/mol. The van der Waals surface area contributed by atoms with E-state index in [-0.39, 0.29) is 28.7 Å². The maximum absolute atomic E-state index is 12.7. The number of nitrogens with zero attached hydrogens (tertiary/aromatic N) is 2. The van der Waals surface area contributed by atoms with E-state index in [0.717, 1.165) is 5.56 Å². The molecular formula is C22H19BrN2O6S. The van der Waals surface area contributed by atoms with Crippen LogP contribution < -0.4 is 8.92 Å².